The monoisotopic (exact) mass is 362 g/mol. The fraction of sp³-hybridized carbons (Fsp3) is 0.100. The van der Waals surface area contributed by atoms with E-state index in [2.05, 4.69) is 9.97 Å². The molecule has 7 heteroatoms. The molecule has 0 saturated heterocycles. The lowest BCUT2D eigenvalue weighted by molar-refractivity contribution is 0.611. The van der Waals surface area contributed by atoms with Crippen molar-refractivity contribution in [3.05, 3.63) is 105 Å². The van der Waals surface area contributed by atoms with Crippen LogP contribution in [0.15, 0.2) is 76.6 Å². The van der Waals surface area contributed by atoms with Gasteiger partial charge < -0.3 is 0 Å². The molecule has 0 aliphatic heterocycles. The molecule has 3 heterocycles. The maximum atomic E-state index is 13.6. The number of benzene rings is 1. The second-order valence-electron chi connectivity index (χ2n) is 6.08. The molecular weight excluding hydrogens is 347 g/mol. The SMILES string of the molecule is O=c1c2ncccc2n(Cc2cccc(F)c2)c(=O)n1Cc1ccccn1. The van der Waals surface area contributed by atoms with E-state index in [9.17, 15) is 14.0 Å². The largest absolute Gasteiger partial charge is 0.332 e. The van der Waals surface area contributed by atoms with Crippen molar-refractivity contribution >= 4 is 11.0 Å². The van der Waals surface area contributed by atoms with Crippen molar-refractivity contribution in [3.8, 4) is 0 Å². The lowest BCUT2D eigenvalue weighted by Gasteiger charge is -2.13. The average Bonchev–Trinajstić information content (AvgIpc) is 2.69. The van der Waals surface area contributed by atoms with Gasteiger partial charge in [-0.2, -0.15) is 0 Å². The highest BCUT2D eigenvalue weighted by Crippen LogP contribution is 2.10. The van der Waals surface area contributed by atoms with Crippen molar-refractivity contribution in [2.75, 3.05) is 0 Å². The summed E-state index contributed by atoms with van der Waals surface area (Å²) in [7, 11) is 0. The summed E-state index contributed by atoms with van der Waals surface area (Å²) in [6, 6.07) is 14.6. The summed E-state index contributed by atoms with van der Waals surface area (Å²) >= 11 is 0. The van der Waals surface area contributed by atoms with Crippen molar-refractivity contribution in [3.63, 3.8) is 0 Å². The van der Waals surface area contributed by atoms with Gasteiger partial charge in [-0.05, 0) is 42.0 Å². The van der Waals surface area contributed by atoms with Gasteiger partial charge in [0, 0.05) is 12.4 Å². The number of halogens is 1. The molecule has 0 atom stereocenters. The van der Waals surface area contributed by atoms with Crippen molar-refractivity contribution in [1.82, 2.24) is 19.1 Å². The number of pyridine rings is 2. The third-order valence-electron chi connectivity index (χ3n) is 4.26. The van der Waals surface area contributed by atoms with Crippen LogP contribution in [-0.2, 0) is 13.1 Å². The minimum absolute atomic E-state index is 0.0359. The van der Waals surface area contributed by atoms with Crippen LogP contribution < -0.4 is 11.2 Å². The van der Waals surface area contributed by atoms with Gasteiger partial charge in [0.2, 0.25) is 0 Å². The van der Waals surface area contributed by atoms with E-state index < -0.39 is 11.2 Å². The molecule has 1 aromatic carbocycles. The summed E-state index contributed by atoms with van der Waals surface area (Å²) in [5, 5.41) is 0. The van der Waals surface area contributed by atoms with E-state index in [1.54, 1.807) is 48.7 Å². The zero-order valence-electron chi connectivity index (χ0n) is 14.2. The Labute approximate surface area is 153 Å². The summed E-state index contributed by atoms with van der Waals surface area (Å²) in [5.41, 5.74) is 0.834. The molecule has 0 fully saturated rings. The smallest absolute Gasteiger partial charge is 0.287 e. The van der Waals surface area contributed by atoms with Crippen LogP contribution in [-0.4, -0.2) is 19.1 Å². The van der Waals surface area contributed by atoms with Gasteiger partial charge in [0.05, 0.1) is 24.3 Å². The number of rotatable bonds is 4. The van der Waals surface area contributed by atoms with Crippen LogP contribution in [0.4, 0.5) is 4.39 Å². The van der Waals surface area contributed by atoms with E-state index in [0.717, 1.165) is 4.57 Å². The quantitative estimate of drug-likeness (QED) is 0.558. The van der Waals surface area contributed by atoms with Gasteiger partial charge >= 0.3 is 5.69 Å². The minimum atomic E-state index is -0.490. The first-order chi connectivity index (χ1) is 13.1. The zero-order chi connectivity index (χ0) is 18.8. The Balaban J connectivity index is 1.92. The number of hydrogen-bond donors (Lipinski definition) is 0. The molecule has 134 valence electrons. The van der Waals surface area contributed by atoms with Crippen LogP contribution in [0, 0.1) is 5.82 Å². The van der Waals surface area contributed by atoms with Gasteiger partial charge in [-0.1, -0.05) is 18.2 Å². The maximum absolute atomic E-state index is 13.6. The number of fused-ring (bicyclic) bond motifs is 1. The second kappa shape index (κ2) is 6.95. The summed E-state index contributed by atoms with van der Waals surface area (Å²) in [5.74, 6) is -0.384. The molecule has 0 aliphatic rings. The van der Waals surface area contributed by atoms with Crippen LogP contribution in [0.25, 0.3) is 11.0 Å². The molecule has 0 radical (unpaired) electrons. The molecule has 6 nitrogen and oxygen atoms in total. The summed E-state index contributed by atoms with van der Waals surface area (Å²) < 4.78 is 16.1. The molecule has 3 aromatic heterocycles. The highest BCUT2D eigenvalue weighted by atomic mass is 19.1. The summed E-state index contributed by atoms with van der Waals surface area (Å²) in [6.07, 6.45) is 3.11. The van der Waals surface area contributed by atoms with Gasteiger partial charge in [0.15, 0.2) is 5.52 Å². The molecule has 27 heavy (non-hydrogen) atoms. The number of hydrogen-bond acceptors (Lipinski definition) is 4. The van der Waals surface area contributed by atoms with Crippen LogP contribution in [0.3, 0.4) is 0 Å². The fourth-order valence-corrected chi connectivity index (χ4v) is 3.01. The lowest BCUT2D eigenvalue weighted by atomic mass is 10.2. The average molecular weight is 362 g/mol. The van der Waals surface area contributed by atoms with E-state index in [1.807, 2.05) is 0 Å². The predicted molar refractivity (Wildman–Crippen MR) is 99.1 cm³/mol. The highest BCUT2D eigenvalue weighted by molar-refractivity contribution is 5.73. The summed E-state index contributed by atoms with van der Waals surface area (Å²) in [6.45, 7) is 0.162. The van der Waals surface area contributed by atoms with Crippen molar-refractivity contribution < 1.29 is 4.39 Å². The molecule has 0 saturated carbocycles. The van der Waals surface area contributed by atoms with E-state index >= 15 is 0 Å². The molecular formula is C20H15FN4O2. The molecule has 0 bridgehead atoms. The molecule has 0 unspecified atom stereocenters. The van der Waals surface area contributed by atoms with E-state index in [-0.39, 0.29) is 24.4 Å². The van der Waals surface area contributed by atoms with Gasteiger partial charge in [0.1, 0.15) is 5.82 Å². The van der Waals surface area contributed by atoms with Gasteiger partial charge in [-0.25, -0.2) is 14.2 Å². The fourth-order valence-electron chi connectivity index (χ4n) is 3.01. The number of nitrogens with zero attached hydrogens (tertiary/aromatic N) is 4. The van der Waals surface area contributed by atoms with E-state index in [0.29, 0.717) is 16.8 Å². The van der Waals surface area contributed by atoms with E-state index in [4.69, 9.17) is 0 Å². The highest BCUT2D eigenvalue weighted by Gasteiger charge is 2.15. The van der Waals surface area contributed by atoms with Crippen LogP contribution in [0.5, 0.6) is 0 Å². The van der Waals surface area contributed by atoms with Crippen LogP contribution in [0.1, 0.15) is 11.3 Å². The molecule has 0 aliphatic carbocycles. The third-order valence-corrected chi connectivity index (χ3v) is 4.26. The Morgan fingerprint density at radius 2 is 1.70 bits per heavy atom. The standard InChI is InChI=1S/C20H15FN4O2/c21-15-6-3-5-14(11-15)12-24-17-8-4-10-23-18(17)19(26)25(20(24)27)13-16-7-1-2-9-22-16/h1-11H,12-13H2. The Morgan fingerprint density at radius 1 is 0.852 bits per heavy atom. The van der Waals surface area contributed by atoms with Crippen molar-refractivity contribution in [2.24, 2.45) is 0 Å². The topological polar surface area (TPSA) is 69.8 Å². The molecule has 0 N–H and O–H groups in total. The Hall–Kier alpha value is -3.61. The Kier molecular flexibility index (Phi) is 4.33. The van der Waals surface area contributed by atoms with E-state index in [1.165, 1.54) is 22.9 Å². The normalized spacial score (nSPS) is 11.0. The Morgan fingerprint density at radius 3 is 2.48 bits per heavy atom. The lowest BCUT2D eigenvalue weighted by Crippen LogP contribution is -2.41. The minimum Gasteiger partial charge on any atom is -0.287 e. The second-order valence-corrected chi connectivity index (χ2v) is 6.08. The van der Waals surface area contributed by atoms with Gasteiger partial charge in [-0.3, -0.25) is 18.9 Å². The van der Waals surface area contributed by atoms with Crippen molar-refractivity contribution in [1.29, 1.82) is 0 Å². The third kappa shape index (κ3) is 3.27. The molecule has 4 aromatic rings. The van der Waals surface area contributed by atoms with Crippen molar-refractivity contribution in [2.45, 2.75) is 13.1 Å². The van der Waals surface area contributed by atoms with Gasteiger partial charge in [-0.15, -0.1) is 0 Å². The first-order valence-corrected chi connectivity index (χ1v) is 8.36. The molecule has 0 amide bonds. The Bertz CT molecular complexity index is 1230. The first-order valence-electron chi connectivity index (χ1n) is 8.36. The maximum Gasteiger partial charge on any atom is 0.332 e. The summed E-state index contributed by atoms with van der Waals surface area (Å²) in [4.78, 5) is 34.2. The zero-order valence-corrected chi connectivity index (χ0v) is 14.2. The number of aromatic nitrogens is 4. The molecule has 0 spiro atoms. The van der Waals surface area contributed by atoms with Crippen LogP contribution in [0.2, 0.25) is 0 Å². The first kappa shape index (κ1) is 16.8. The van der Waals surface area contributed by atoms with Gasteiger partial charge in [0.25, 0.3) is 5.56 Å². The molecule has 4 rings (SSSR count). The van der Waals surface area contributed by atoms with Crippen LogP contribution >= 0.6 is 0 Å². The predicted octanol–water partition coefficient (Wildman–Crippen LogP) is 2.19.